The zero-order valence-electron chi connectivity index (χ0n) is 19.2. The van der Waals surface area contributed by atoms with Crippen LogP contribution in [0.5, 0.6) is 0 Å². The summed E-state index contributed by atoms with van der Waals surface area (Å²) in [5.74, 6) is 0.154. The van der Waals surface area contributed by atoms with Crippen molar-refractivity contribution in [3.8, 4) is 0 Å². The highest BCUT2D eigenvalue weighted by Crippen LogP contribution is 2.21. The first-order valence-corrected chi connectivity index (χ1v) is 13.6. The Kier molecular flexibility index (Phi) is 8.93. The normalized spacial score (nSPS) is 21.8. The summed E-state index contributed by atoms with van der Waals surface area (Å²) in [4.78, 5) is 15.1. The third-order valence-corrected chi connectivity index (χ3v) is 8.75. The van der Waals surface area contributed by atoms with Crippen LogP contribution in [0.3, 0.4) is 0 Å². The number of carbonyl (C=O) groups is 1. The number of carbonyl (C=O) groups excluding carboxylic acids is 1. The van der Waals surface area contributed by atoms with Gasteiger partial charge in [-0.25, -0.2) is 12.7 Å². The smallest absolute Gasteiger partial charge is 0.223 e. The van der Waals surface area contributed by atoms with Crippen LogP contribution < -0.4 is 5.32 Å². The van der Waals surface area contributed by atoms with Crippen molar-refractivity contribution < 1.29 is 13.2 Å². The van der Waals surface area contributed by atoms with E-state index in [4.69, 9.17) is 0 Å². The van der Waals surface area contributed by atoms with E-state index in [1.165, 1.54) is 31.4 Å². The van der Waals surface area contributed by atoms with Crippen LogP contribution in [0.2, 0.25) is 0 Å². The summed E-state index contributed by atoms with van der Waals surface area (Å²) < 4.78 is 26.2. The summed E-state index contributed by atoms with van der Waals surface area (Å²) in [6.45, 7) is 7.91. The number of likely N-dealkylation sites (tertiary alicyclic amines) is 1. The topological polar surface area (TPSA) is 69.7 Å². The molecule has 0 radical (unpaired) electrons. The highest BCUT2D eigenvalue weighted by molar-refractivity contribution is 7.89. The molecule has 0 bridgehead atoms. The molecule has 0 saturated carbocycles. The lowest BCUT2D eigenvalue weighted by atomic mass is 9.97. The molecule has 174 valence electrons. The molecular weight excluding hydrogens is 410 g/mol. The van der Waals surface area contributed by atoms with E-state index in [2.05, 4.69) is 41.4 Å². The first-order valence-electron chi connectivity index (χ1n) is 12.0. The lowest BCUT2D eigenvalue weighted by Gasteiger charge is -2.33. The molecule has 1 atom stereocenters. The van der Waals surface area contributed by atoms with Gasteiger partial charge >= 0.3 is 0 Å². The highest BCUT2D eigenvalue weighted by atomic mass is 32.2. The number of sulfonamides is 1. The second kappa shape index (κ2) is 11.4. The highest BCUT2D eigenvalue weighted by Gasteiger charge is 2.30. The predicted molar refractivity (Wildman–Crippen MR) is 125 cm³/mol. The van der Waals surface area contributed by atoms with E-state index in [9.17, 15) is 13.2 Å². The molecule has 2 heterocycles. The van der Waals surface area contributed by atoms with E-state index >= 15 is 0 Å². The first kappa shape index (κ1) is 24.2. The number of unbranched alkanes of at least 4 members (excludes halogenated alkanes) is 1. The Morgan fingerprint density at radius 3 is 2.35 bits per heavy atom. The molecule has 2 saturated heterocycles. The van der Waals surface area contributed by atoms with Crippen molar-refractivity contribution in [1.82, 2.24) is 14.5 Å². The number of benzene rings is 1. The molecule has 3 rings (SSSR count). The summed E-state index contributed by atoms with van der Waals surface area (Å²) in [5, 5.41) is 3.05. The lowest BCUT2D eigenvalue weighted by molar-refractivity contribution is -0.126. The minimum absolute atomic E-state index is 0.0387. The SMILES string of the molecule is CCCCS(=O)(=O)N1CCC(C(=O)NCc2ccc(CN3CCCCC3C)cc2)CC1. The molecule has 0 aromatic heterocycles. The molecule has 0 aliphatic carbocycles. The van der Waals surface area contributed by atoms with Gasteiger partial charge in [-0.3, -0.25) is 9.69 Å². The van der Waals surface area contributed by atoms with Crippen LogP contribution >= 0.6 is 0 Å². The van der Waals surface area contributed by atoms with E-state index in [1.807, 2.05) is 6.92 Å². The average Bonchev–Trinajstić information content (AvgIpc) is 2.78. The van der Waals surface area contributed by atoms with Gasteiger partial charge in [0.15, 0.2) is 0 Å². The van der Waals surface area contributed by atoms with Crippen molar-refractivity contribution in [3.05, 3.63) is 35.4 Å². The third-order valence-electron chi connectivity index (χ3n) is 6.79. The molecule has 1 aromatic carbocycles. The molecule has 1 unspecified atom stereocenters. The van der Waals surface area contributed by atoms with Crippen molar-refractivity contribution in [1.29, 1.82) is 0 Å². The zero-order valence-corrected chi connectivity index (χ0v) is 20.0. The number of rotatable bonds is 9. The van der Waals surface area contributed by atoms with Gasteiger partial charge in [0.1, 0.15) is 0 Å². The largest absolute Gasteiger partial charge is 0.352 e. The standard InChI is InChI=1S/C24H39N3O3S/c1-3-4-17-31(29,30)27-15-12-23(13-16-27)24(28)25-18-21-8-10-22(11-9-21)19-26-14-6-5-7-20(26)2/h8-11,20,23H,3-7,12-19H2,1-2H3,(H,25,28). The Bertz CT molecular complexity index is 802. The van der Waals surface area contributed by atoms with Crippen molar-refractivity contribution in [2.24, 2.45) is 5.92 Å². The predicted octanol–water partition coefficient (Wildman–Crippen LogP) is 3.52. The van der Waals surface area contributed by atoms with Crippen LogP contribution in [0.1, 0.15) is 69.9 Å². The maximum Gasteiger partial charge on any atom is 0.223 e. The molecule has 2 aliphatic heterocycles. The molecule has 2 aliphatic rings. The van der Waals surface area contributed by atoms with Crippen molar-refractivity contribution in [2.75, 3.05) is 25.4 Å². The van der Waals surface area contributed by atoms with Crippen LogP contribution in [-0.2, 0) is 27.9 Å². The Morgan fingerprint density at radius 1 is 1.03 bits per heavy atom. The molecule has 6 nitrogen and oxygen atoms in total. The second-order valence-corrected chi connectivity index (χ2v) is 11.3. The van der Waals surface area contributed by atoms with Crippen LogP contribution in [0.15, 0.2) is 24.3 Å². The maximum absolute atomic E-state index is 12.6. The van der Waals surface area contributed by atoms with Gasteiger partial charge < -0.3 is 5.32 Å². The van der Waals surface area contributed by atoms with E-state index in [1.54, 1.807) is 4.31 Å². The zero-order chi connectivity index (χ0) is 22.3. The Morgan fingerprint density at radius 2 is 1.71 bits per heavy atom. The molecule has 31 heavy (non-hydrogen) atoms. The molecule has 2 fully saturated rings. The average molecular weight is 450 g/mol. The summed E-state index contributed by atoms with van der Waals surface area (Å²) >= 11 is 0. The minimum atomic E-state index is -3.17. The monoisotopic (exact) mass is 449 g/mol. The van der Waals surface area contributed by atoms with Gasteiger partial charge in [-0.2, -0.15) is 0 Å². The molecular formula is C24H39N3O3S. The van der Waals surface area contributed by atoms with Crippen molar-refractivity contribution in [2.45, 2.75) is 77.9 Å². The summed E-state index contributed by atoms with van der Waals surface area (Å²) in [6.07, 6.45) is 6.68. The van der Waals surface area contributed by atoms with Gasteiger partial charge in [0.2, 0.25) is 15.9 Å². The minimum Gasteiger partial charge on any atom is -0.352 e. The summed E-state index contributed by atoms with van der Waals surface area (Å²) in [6, 6.07) is 9.20. The van der Waals surface area contributed by atoms with Crippen LogP contribution in [0.4, 0.5) is 0 Å². The Balaban J connectivity index is 1.41. The van der Waals surface area contributed by atoms with Crippen LogP contribution in [0, 0.1) is 5.92 Å². The van der Waals surface area contributed by atoms with E-state index < -0.39 is 10.0 Å². The van der Waals surface area contributed by atoms with E-state index in [0.717, 1.165) is 18.5 Å². The van der Waals surface area contributed by atoms with Gasteiger partial charge in [0.05, 0.1) is 5.75 Å². The molecule has 1 N–H and O–H groups in total. The van der Waals surface area contributed by atoms with E-state index in [-0.39, 0.29) is 17.6 Å². The van der Waals surface area contributed by atoms with Crippen LogP contribution in [0.25, 0.3) is 0 Å². The van der Waals surface area contributed by atoms with Gasteiger partial charge in [0, 0.05) is 38.1 Å². The maximum atomic E-state index is 12.6. The Labute approximate surface area is 188 Å². The molecule has 1 amide bonds. The number of hydrogen-bond acceptors (Lipinski definition) is 4. The molecule has 7 heteroatoms. The Hall–Kier alpha value is -1.44. The summed E-state index contributed by atoms with van der Waals surface area (Å²) in [7, 11) is -3.17. The molecule has 0 spiro atoms. The fourth-order valence-corrected chi connectivity index (χ4v) is 6.25. The number of piperidine rings is 2. The number of nitrogens with zero attached hydrogens (tertiary/aromatic N) is 2. The lowest BCUT2D eigenvalue weighted by Crippen LogP contribution is -2.43. The van der Waals surface area contributed by atoms with Gasteiger partial charge in [-0.15, -0.1) is 0 Å². The summed E-state index contributed by atoms with van der Waals surface area (Å²) in [5.41, 5.74) is 2.42. The second-order valence-electron chi connectivity index (χ2n) is 9.19. The fraction of sp³-hybridized carbons (Fsp3) is 0.708. The van der Waals surface area contributed by atoms with Gasteiger partial charge in [-0.1, -0.05) is 44.0 Å². The quantitative estimate of drug-likeness (QED) is 0.626. The van der Waals surface area contributed by atoms with Crippen LogP contribution in [-0.4, -0.2) is 55.0 Å². The first-order chi connectivity index (χ1) is 14.9. The van der Waals surface area contributed by atoms with E-state index in [0.29, 0.717) is 44.9 Å². The van der Waals surface area contributed by atoms with Crippen molar-refractivity contribution in [3.63, 3.8) is 0 Å². The fourth-order valence-electron chi connectivity index (χ4n) is 4.58. The number of nitrogens with one attached hydrogen (secondary N) is 1. The van der Waals surface area contributed by atoms with Gasteiger partial charge in [-0.05, 0) is 56.7 Å². The van der Waals surface area contributed by atoms with Crippen molar-refractivity contribution >= 4 is 15.9 Å². The number of amides is 1. The van der Waals surface area contributed by atoms with Gasteiger partial charge in [0.25, 0.3) is 0 Å². The number of hydrogen-bond donors (Lipinski definition) is 1. The third kappa shape index (κ3) is 7.02. The molecule has 1 aromatic rings.